The van der Waals surface area contributed by atoms with Crippen LogP contribution in [0.2, 0.25) is 0 Å². The van der Waals surface area contributed by atoms with Crippen molar-refractivity contribution in [1.29, 1.82) is 0 Å². The third-order valence-electron chi connectivity index (χ3n) is 3.62. The van der Waals surface area contributed by atoms with Crippen LogP contribution in [0.4, 0.5) is 5.69 Å². The second-order valence-electron chi connectivity index (χ2n) is 5.32. The lowest BCUT2D eigenvalue weighted by molar-refractivity contribution is 0.353. The second kappa shape index (κ2) is 7.00. The van der Waals surface area contributed by atoms with Crippen molar-refractivity contribution < 1.29 is 17.9 Å². The Labute approximate surface area is 150 Å². The zero-order chi connectivity index (χ0) is 18.7. The Bertz CT molecular complexity index is 1000. The number of nitrogens with one attached hydrogen (secondary N) is 1. The van der Waals surface area contributed by atoms with E-state index < -0.39 is 10.0 Å². The number of methoxy groups -OCH3 is 2. The molecular formula is C16H17N5O4S. The van der Waals surface area contributed by atoms with Crippen LogP contribution in [-0.4, -0.2) is 42.4 Å². The van der Waals surface area contributed by atoms with Gasteiger partial charge in [0.05, 0.1) is 31.0 Å². The first kappa shape index (κ1) is 17.7. The molecule has 0 atom stereocenters. The standard InChI is InChI=1S/C16H17N5O4S/c1-11-6-13(24-2)14(25-3)7-15(11)26(22,23)20-12-4-5-16(18-8-12)21-10-17-9-19-21/h4-10,20H,1-3H3. The lowest BCUT2D eigenvalue weighted by Gasteiger charge is -2.14. The van der Waals surface area contributed by atoms with E-state index in [-0.39, 0.29) is 4.90 Å². The maximum atomic E-state index is 12.7. The van der Waals surface area contributed by atoms with Crippen LogP contribution >= 0.6 is 0 Å². The van der Waals surface area contributed by atoms with E-state index in [0.29, 0.717) is 28.6 Å². The molecule has 26 heavy (non-hydrogen) atoms. The Hall–Kier alpha value is -3.14. The van der Waals surface area contributed by atoms with Crippen LogP contribution in [0.3, 0.4) is 0 Å². The molecule has 1 aromatic carbocycles. The van der Waals surface area contributed by atoms with Crippen molar-refractivity contribution in [2.75, 3.05) is 18.9 Å². The van der Waals surface area contributed by atoms with Crippen LogP contribution in [0.15, 0.2) is 48.0 Å². The normalized spacial score (nSPS) is 11.2. The first-order valence-electron chi connectivity index (χ1n) is 7.51. The Kier molecular flexibility index (Phi) is 4.76. The molecular weight excluding hydrogens is 358 g/mol. The molecule has 0 aliphatic rings. The van der Waals surface area contributed by atoms with Gasteiger partial charge in [-0.05, 0) is 30.7 Å². The summed E-state index contributed by atoms with van der Waals surface area (Å²) in [6.45, 7) is 1.68. The summed E-state index contributed by atoms with van der Waals surface area (Å²) >= 11 is 0. The van der Waals surface area contributed by atoms with E-state index in [1.165, 1.54) is 43.8 Å². The summed E-state index contributed by atoms with van der Waals surface area (Å²) in [5.41, 5.74) is 0.852. The largest absolute Gasteiger partial charge is 0.493 e. The molecule has 3 rings (SSSR count). The van der Waals surface area contributed by atoms with Crippen molar-refractivity contribution in [2.45, 2.75) is 11.8 Å². The molecule has 9 nitrogen and oxygen atoms in total. The molecule has 0 fully saturated rings. The first-order valence-corrected chi connectivity index (χ1v) is 8.99. The molecule has 3 aromatic rings. The predicted molar refractivity (Wildman–Crippen MR) is 94.2 cm³/mol. The van der Waals surface area contributed by atoms with Crippen LogP contribution in [0.5, 0.6) is 11.5 Å². The molecule has 0 unspecified atom stereocenters. The zero-order valence-corrected chi connectivity index (χ0v) is 15.2. The summed E-state index contributed by atoms with van der Waals surface area (Å²) in [6, 6.07) is 6.26. The van der Waals surface area contributed by atoms with Crippen molar-refractivity contribution in [2.24, 2.45) is 0 Å². The van der Waals surface area contributed by atoms with Gasteiger partial charge in [0.1, 0.15) is 12.7 Å². The van der Waals surface area contributed by atoms with Gasteiger partial charge in [-0.2, -0.15) is 5.10 Å². The molecule has 1 N–H and O–H groups in total. The third kappa shape index (κ3) is 3.45. The summed E-state index contributed by atoms with van der Waals surface area (Å²) in [5.74, 6) is 1.31. The van der Waals surface area contributed by atoms with Crippen molar-refractivity contribution in [1.82, 2.24) is 19.7 Å². The van der Waals surface area contributed by atoms with Gasteiger partial charge in [-0.3, -0.25) is 4.72 Å². The highest BCUT2D eigenvalue weighted by Gasteiger charge is 2.20. The summed E-state index contributed by atoms with van der Waals surface area (Å²) in [6.07, 6.45) is 4.29. The fourth-order valence-electron chi connectivity index (χ4n) is 2.37. The molecule has 136 valence electrons. The van der Waals surface area contributed by atoms with Crippen molar-refractivity contribution in [3.05, 3.63) is 48.7 Å². The number of hydrogen-bond acceptors (Lipinski definition) is 7. The van der Waals surface area contributed by atoms with E-state index in [2.05, 4.69) is 19.8 Å². The Morgan fingerprint density at radius 1 is 1.12 bits per heavy atom. The lowest BCUT2D eigenvalue weighted by Crippen LogP contribution is -2.15. The van der Waals surface area contributed by atoms with Crippen LogP contribution < -0.4 is 14.2 Å². The van der Waals surface area contributed by atoms with E-state index >= 15 is 0 Å². The van der Waals surface area contributed by atoms with Crippen LogP contribution in [0.25, 0.3) is 5.82 Å². The monoisotopic (exact) mass is 375 g/mol. The number of pyridine rings is 1. The first-order chi connectivity index (χ1) is 12.4. The minimum Gasteiger partial charge on any atom is -0.493 e. The van der Waals surface area contributed by atoms with Gasteiger partial charge >= 0.3 is 0 Å². The smallest absolute Gasteiger partial charge is 0.262 e. The highest BCUT2D eigenvalue weighted by Crippen LogP contribution is 2.33. The quantitative estimate of drug-likeness (QED) is 0.699. The lowest BCUT2D eigenvalue weighted by atomic mass is 10.2. The van der Waals surface area contributed by atoms with Crippen LogP contribution in [0, 0.1) is 6.92 Å². The number of benzene rings is 1. The van der Waals surface area contributed by atoms with Gasteiger partial charge in [-0.15, -0.1) is 0 Å². The summed E-state index contributed by atoms with van der Waals surface area (Å²) in [5, 5.41) is 3.96. The molecule has 2 heterocycles. The summed E-state index contributed by atoms with van der Waals surface area (Å²) in [7, 11) is -0.888. The van der Waals surface area contributed by atoms with Gasteiger partial charge in [0, 0.05) is 6.07 Å². The van der Waals surface area contributed by atoms with Gasteiger partial charge in [-0.25, -0.2) is 23.1 Å². The molecule has 0 spiro atoms. The van der Waals surface area contributed by atoms with Gasteiger partial charge in [0.25, 0.3) is 10.0 Å². The van der Waals surface area contributed by atoms with Crippen molar-refractivity contribution >= 4 is 15.7 Å². The molecule has 0 aliphatic carbocycles. The fraction of sp³-hybridized carbons (Fsp3) is 0.188. The van der Waals surface area contributed by atoms with Crippen molar-refractivity contribution in [3.63, 3.8) is 0 Å². The molecule has 0 amide bonds. The average Bonchev–Trinajstić information content (AvgIpc) is 3.16. The number of sulfonamides is 1. The highest BCUT2D eigenvalue weighted by molar-refractivity contribution is 7.92. The number of aromatic nitrogens is 4. The van der Waals surface area contributed by atoms with Gasteiger partial charge in [-0.1, -0.05) is 0 Å². The zero-order valence-electron chi connectivity index (χ0n) is 14.4. The SMILES string of the molecule is COc1cc(C)c(S(=O)(=O)Nc2ccc(-n3cncn3)nc2)cc1OC. The predicted octanol–water partition coefficient (Wildman–Crippen LogP) is 1.79. The number of ether oxygens (including phenoxy) is 2. The molecule has 0 bridgehead atoms. The van der Waals surface area contributed by atoms with Crippen molar-refractivity contribution in [3.8, 4) is 17.3 Å². The topological polar surface area (TPSA) is 108 Å². The van der Waals surface area contributed by atoms with E-state index in [4.69, 9.17) is 9.47 Å². The Balaban J connectivity index is 1.89. The van der Waals surface area contributed by atoms with Crippen LogP contribution in [0.1, 0.15) is 5.56 Å². The van der Waals surface area contributed by atoms with E-state index in [1.807, 2.05) is 0 Å². The minimum absolute atomic E-state index is 0.0931. The number of nitrogens with zero attached hydrogens (tertiary/aromatic N) is 4. The second-order valence-corrected chi connectivity index (χ2v) is 6.97. The Morgan fingerprint density at radius 3 is 2.42 bits per heavy atom. The summed E-state index contributed by atoms with van der Waals surface area (Å²) in [4.78, 5) is 8.10. The number of aryl methyl sites for hydroxylation is 1. The minimum atomic E-state index is -3.83. The molecule has 2 aromatic heterocycles. The fourth-order valence-corrected chi connectivity index (χ4v) is 3.66. The van der Waals surface area contributed by atoms with Gasteiger partial charge in [0.15, 0.2) is 17.3 Å². The number of rotatable bonds is 6. The van der Waals surface area contributed by atoms with Gasteiger partial charge < -0.3 is 9.47 Å². The molecule has 0 aliphatic heterocycles. The number of hydrogen-bond donors (Lipinski definition) is 1. The molecule has 0 saturated heterocycles. The molecule has 0 radical (unpaired) electrons. The van der Waals surface area contributed by atoms with E-state index in [1.54, 1.807) is 25.1 Å². The number of anilines is 1. The highest BCUT2D eigenvalue weighted by atomic mass is 32.2. The third-order valence-corrected chi connectivity index (χ3v) is 5.15. The Morgan fingerprint density at radius 2 is 1.85 bits per heavy atom. The molecule has 10 heteroatoms. The van der Waals surface area contributed by atoms with E-state index in [9.17, 15) is 8.42 Å². The van der Waals surface area contributed by atoms with Gasteiger partial charge in [0.2, 0.25) is 0 Å². The van der Waals surface area contributed by atoms with E-state index in [0.717, 1.165) is 0 Å². The average molecular weight is 375 g/mol. The summed E-state index contributed by atoms with van der Waals surface area (Å²) < 4.78 is 39.8. The maximum Gasteiger partial charge on any atom is 0.262 e. The maximum absolute atomic E-state index is 12.7. The molecule has 0 saturated carbocycles. The van der Waals surface area contributed by atoms with Crippen LogP contribution in [-0.2, 0) is 10.0 Å².